The molecule has 0 aromatic carbocycles. The Bertz CT molecular complexity index is 731. The Hall–Kier alpha value is -2.32. The summed E-state index contributed by atoms with van der Waals surface area (Å²) in [4.78, 5) is 16.4. The highest BCUT2D eigenvalue weighted by Gasteiger charge is 2.34. The molecule has 1 aliphatic rings. The zero-order valence-corrected chi connectivity index (χ0v) is 12.5. The fourth-order valence-electron chi connectivity index (χ4n) is 2.74. The molecule has 1 aliphatic heterocycles. The number of hydrogen-bond acceptors (Lipinski definition) is 3. The fourth-order valence-corrected chi connectivity index (χ4v) is 2.74. The van der Waals surface area contributed by atoms with E-state index in [9.17, 15) is 18.0 Å². The van der Waals surface area contributed by atoms with Gasteiger partial charge in [-0.1, -0.05) is 0 Å². The topological polar surface area (TPSA) is 64.7 Å². The number of imidazole rings is 1. The summed E-state index contributed by atoms with van der Waals surface area (Å²) < 4.78 is 40.8. The molecule has 0 unspecified atom stereocenters. The molecular formula is C14H16F3N5O. The van der Waals surface area contributed by atoms with Crippen molar-refractivity contribution in [1.29, 1.82) is 0 Å². The smallest absolute Gasteiger partial charge is 0.345 e. The van der Waals surface area contributed by atoms with Crippen LogP contribution in [0.5, 0.6) is 0 Å². The minimum absolute atomic E-state index is 0.0662. The van der Waals surface area contributed by atoms with Crippen LogP contribution in [0.2, 0.25) is 0 Å². The first-order valence-electron chi connectivity index (χ1n) is 7.29. The first-order chi connectivity index (χ1) is 10.9. The highest BCUT2D eigenvalue weighted by molar-refractivity contribution is 5.92. The lowest BCUT2D eigenvalue weighted by atomic mass is 10.1. The third kappa shape index (κ3) is 3.08. The molecule has 0 saturated heterocycles. The molecule has 1 amide bonds. The zero-order chi connectivity index (χ0) is 16.6. The highest BCUT2D eigenvalue weighted by atomic mass is 19.4. The van der Waals surface area contributed by atoms with Crippen molar-refractivity contribution in [3.63, 3.8) is 0 Å². The Morgan fingerprint density at radius 3 is 2.87 bits per heavy atom. The summed E-state index contributed by atoms with van der Waals surface area (Å²) in [7, 11) is 1.22. The van der Waals surface area contributed by atoms with E-state index in [-0.39, 0.29) is 18.1 Å². The van der Waals surface area contributed by atoms with E-state index in [0.29, 0.717) is 5.69 Å². The van der Waals surface area contributed by atoms with Crippen LogP contribution in [0.4, 0.5) is 13.2 Å². The number of nitrogens with zero attached hydrogens (tertiary/aromatic N) is 4. The quantitative estimate of drug-likeness (QED) is 0.936. The molecular weight excluding hydrogens is 311 g/mol. The standard InChI is InChI=1S/C14H16F3N5O/c1-21-11(14(15,16)17)6-9(20-21)7-19-13(23)10-8-18-12-4-2-3-5-22(10)12/h6,8H,2-5,7H2,1H3,(H,19,23). The predicted octanol–water partition coefficient (Wildman–Crippen LogP) is 1.90. The molecule has 0 fully saturated rings. The molecule has 9 heteroatoms. The Morgan fingerprint density at radius 1 is 1.39 bits per heavy atom. The first-order valence-corrected chi connectivity index (χ1v) is 7.29. The summed E-state index contributed by atoms with van der Waals surface area (Å²) in [5, 5.41) is 6.38. The monoisotopic (exact) mass is 327 g/mol. The lowest BCUT2D eigenvalue weighted by molar-refractivity contribution is -0.143. The summed E-state index contributed by atoms with van der Waals surface area (Å²) in [6.45, 7) is 0.670. The maximum Gasteiger partial charge on any atom is 0.433 e. The van der Waals surface area contributed by atoms with Crippen molar-refractivity contribution in [2.75, 3.05) is 0 Å². The summed E-state index contributed by atoms with van der Waals surface area (Å²) in [5.74, 6) is 0.517. The minimum atomic E-state index is -4.46. The second kappa shape index (κ2) is 5.71. The van der Waals surface area contributed by atoms with Crippen LogP contribution in [0.25, 0.3) is 0 Å². The molecule has 0 aliphatic carbocycles. The molecule has 0 radical (unpaired) electrons. The van der Waals surface area contributed by atoms with Gasteiger partial charge in [0, 0.05) is 20.0 Å². The van der Waals surface area contributed by atoms with Gasteiger partial charge >= 0.3 is 6.18 Å². The van der Waals surface area contributed by atoms with Crippen LogP contribution in [0, 0.1) is 0 Å². The molecule has 23 heavy (non-hydrogen) atoms. The number of carbonyl (C=O) groups excluding carboxylic acids is 1. The lowest BCUT2D eigenvalue weighted by Gasteiger charge is -2.15. The van der Waals surface area contributed by atoms with Crippen LogP contribution < -0.4 is 5.32 Å². The van der Waals surface area contributed by atoms with Gasteiger partial charge in [0.25, 0.3) is 5.91 Å². The number of fused-ring (bicyclic) bond motifs is 1. The van der Waals surface area contributed by atoms with Crippen molar-refractivity contribution >= 4 is 5.91 Å². The molecule has 1 N–H and O–H groups in total. The number of aryl methyl sites for hydroxylation is 2. The van der Waals surface area contributed by atoms with E-state index in [2.05, 4.69) is 15.4 Å². The van der Waals surface area contributed by atoms with Gasteiger partial charge in [-0.15, -0.1) is 0 Å². The van der Waals surface area contributed by atoms with Crippen molar-refractivity contribution in [3.8, 4) is 0 Å². The summed E-state index contributed by atoms with van der Waals surface area (Å²) >= 11 is 0. The van der Waals surface area contributed by atoms with Crippen molar-refractivity contribution in [1.82, 2.24) is 24.6 Å². The minimum Gasteiger partial charge on any atom is -0.345 e. The van der Waals surface area contributed by atoms with Gasteiger partial charge in [0.2, 0.25) is 0 Å². The fraction of sp³-hybridized carbons (Fsp3) is 0.500. The summed E-state index contributed by atoms with van der Waals surface area (Å²) in [6, 6.07) is 0.937. The number of carbonyl (C=O) groups is 1. The van der Waals surface area contributed by atoms with E-state index in [4.69, 9.17) is 0 Å². The maximum absolute atomic E-state index is 12.7. The van der Waals surface area contributed by atoms with E-state index in [1.807, 2.05) is 4.57 Å². The number of hydrogen-bond donors (Lipinski definition) is 1. The van der Waals surface area contributed by atoms with Gasteiger partial charge < -0.3 is 9.88 Å². The first kappa shape index (κ1) is 15.6. The van der Waals surface area contributed by atoms with Gasteiger partial charge in [0.05, 0.1) is 18.4 Å². The van der Waals surface area contributed by atoms with Gasteiger partial charge in [-0.2, -0.15) is 18.3 Å². The van der Waals surface area contributed by atoms with Crippen molar-refractivity contribution in [2.45, 2.75) is 38.5 Å². The normalized spacial score (nSPS) is 14.6. The largest absolute Gasteiger partial charge is 0.433 e. The van der Waals surface area contributed by atoms with Crippen molar-refractivity contribution < 1.29 is 18.0 Å². The summed E-state index contributed by atoms with van der Waals surface area (Å²) in [6.07, 6.45) is -0.0857. The third-order valence-corrected chi connectivity index (χ3v) is 3.85. The molecule has 0 bridgehead atoms. The Kier molecular flexibility index (Phi) is 3.87. The molecule has 0 atom stereocenters. The molecule has 6 nitrogen and oxygen atoms in total. The SMILES string of the molecule is Cn1nc(CNC(=O)c2cnc3n2CCCC3)cc1C(F)(F)F. The van der Waals surface area contributed by atoms with Gasteiger partial charge in [-0.3, -0.25) is 9.48 Å². The molecule has 2 aromatic heterocycles. The third-order valence-electron chi connectivity index (χ3n) is 3.85. The summed E-state index contributed by atoms with van der Waals surface area (Å²) in [5.41, 5.74) is -0.248. The van der Waals surface area contributed by atoms with E-state index in [1.165, 1.54) is 13.2 Å². The van der Waals surface area contributed by atoms with Crippen LogP contribution in [-0.2, 0) is 32.7 Å². The average Bonchev–Trinajstić information content (AvgIpc) is 3.07. The molecule has 0 saturated carbocycles. The predicted molar refractivity (Wildman–Crippen MR) is 74.5 cm³/mol. The molecule has 3 rings (SSSR count). The van der Waals surface area contributed by atoms with Crippen LogP contribution in [-0.4, -0.2) is 25.2 Å². The lowest BCUT2D eigenvalue weighted by Crippen LogP contribution is -2.27. The Balaban J connectivity index is 1.69. The van der Waals surface area contributed by atoms with E-state index in [0.717, 1.165) is 42.4 Å². The number of rotatable bonds is 3. The van der Waals surface area contributed by atoms with Crippen LogP contribution in [0.15, 0.2) is 12.3 Å². The average molecular weight is 327 g/mol. The van der Waals surface area contributed by atoms with E-state index >= 15 is 0 Å². The number of nitrogens with one attached hydrogen (secondary N) is 1. The number of halogens is 3. The van der Waals surface area contributed by atoms with E-state index in [1.54, 1.807) is 0 Å². The van der Waals surface area contributed by atoms with Gasteiger partial charge in [-0.05, 0) is 18.9 Å². The van der Waals surface area contributed by atoms with Crippen molar-refractivity contribution in [3.05, 3.63) is 35.2 Å². The molecule has 0 spiro atoms. The Morgan fingerprint density at radius 2 is 2.17 bits per heavy atom. The second-order valence-electron chi connectivity index (χ2n) is 5.49. The molecule has 124 valence electrons. The zero-order valence-electron chi connectivity index (χ0n) is 12.5. The second-order valence-corrected chi connectivity index (χ2v) is 5.49. The molecule has 3 heterocycles. The van der Waals surface area contributed by atoms with Gasteiger partial charge in [-0.25, -0.2) is 4.98 Å². The van der Waals surface area contributed by atoms with Crippen molar-refractivity contribution in [2.24, 2.45) is 7.05 Å². The molecule has 2 aromatic rings. The van der Waals surface area contributed by atoms with Crippen LogP contribution in [0.3, 0.4) is 0 Å². The van der Waals surface area contributed by atoms with Crippen LogP contribution >= 0.6 is 0 Å². The van der Waals surface area contributed by atoms with Gasteiger partial charge in [0.1, 0.15) is 17.2 Å². The Labute approximate surface area is 130 Å². The number of amides is 1. The van der Waals surface area contributed by atoms with Gasteiger partial charge in [0.15, 0.2) is 0 Å². The maximum atomic E-state index is 12.7. The number of alkyl halides is 3. The van der Waals surface area contributed by atoms with E-state index < -0.39 is 11.9 Å². The number of aromatic nitrogens is 4. The highest BCUT2D eigenvalue weighted by Crippen LogP contribution is 2.29. The van der Waals surface area contributed by atoms with Crippen LogP contribution in [0.1, 0.15) is 40.5 Å².